The third-order valence-electron chi connectivity index (χ3n) is 1.97. The maximum Gasteiger partial charge on any atom is 0.226 e. The highest BCUT2D eigenvalue weighted by Crippen LogP contribution is 2.09. The Balaban J connectivity index is 2.31. The Kier molecular flexibility index (Phi) is 5.28. The molecule has 0 atom stereocenters. The zero-order chi connectivity index (χ0) is 11.1. The minimum absolute atomic E-state index is 0.0392. The third kappa shape index (κ3) is 4.40. The lowest BCUT2D eigenvalue weighted by Crippen LogP contribution is -2.26. The molecule has 1 rings (SSSR count). The highest BCUT2D eigenvalue weighted by Gasteiger charge is 2.06. The molecule has 0 saturated heterocycles. The number of unbranched alkanes of at least 4 members (excludes halogenated alkanes) is 1. The second-order valence-corrected chi connectivity index (χ2v) is 4.26. The second-order valence-electron chi connectivity index (χ2n) is 3.32. The summed E-state index contributed by atoms with van der Waals surface area (Å²) in [7, 11) is 0. The molecule has 0 spiro atoms. The van der Waals surface area contributed by atoms with E-state index in [0.29, 0.717) is 13.0 Å². The van der Waals surface area contributed by atoms with Crippen LogP contribution in [0, 0.1) is 0 Å². The van der Waals surface area contributed by atoms with Crippen molar-refractivity contribution in [1.82, 2.24) is 10.3 Å². The maximum atomic E-state index is 11.4. The number of aromatic nitrogens is 1. The van der Waals surface area contributed by atoms with Crippen molar-refractivity contribution in [2.24, 2.45) is 5.73 Å². The number of hydrogen-bond acceptors (Lipinski definition) is 4. The van der Waals surface area contributed by atoms with Gasteiger partial charge in [0.05, 0.1) is 12.1 Å². The van der Waals surface area contributed by atoms with Crippen molar-refractivity contribution in [2.75, 3.05) is 6.54 Å². The summed E-state index contributed by atoms with van der Waals surface area (Å²) in [4.78, 5) is 15.6. The summed E-state index contributed by atoms with van der Waals surface area (Å²) in [6.45, 7) is 3.30. The molecule has 1 heterocycles. The average Bonchev–Trinajstić information content (AvgIpc) is 2.66. The first-order valence-electron chi connectivity index (χ1n) is 5.16. The van der Waals surface area contributed by atoms with Crippen LogP contribution >= 0.6 is 11.3 Å². The summed E-state index contributed by atoms with van der Waals surface area (Å²) in [5.41, 5.74) is 6.25. The van der Waals surface area contributed by atoms with E-state index in [4.69, 9.17) is 5.73 Å². The highest BCUT2D eigenvalue weighted by atomic mass is 32.1. The molecule has 0 fully saturated rings. The first kappa shape index (κ1) is 12.1. The standard InChI is InChI=1S/C10H17N3OS/c1-2-3-4-12-9(14)5-8-7-15-10(6-11)13-8/h7H,2-6,11H2,1H3,(H,12,14). The molecule has 15 heavy (non-hydrogen) atoms. The van der Waals surface area contributed by atoms with Crippen molar-refractivity contribution in [3.05, 3.63) is 16.1 Å². The summed E-state index contributed by atoms with van der Waals surface area (Å²) in [5, 5.41) is 5.63. The molecule has 1 aromatic heterocycles. The van der Waals surface area contributed by atoms with Crippen molar-refractivity contribution in [2.45, 2.75) is 32.7 Å². The number of carbonyl (C=O) groups is 1. The number of amides is 1. The zero-order valence-electron chi connectivity index (χ0n) is 8.95. The third-order valence-corrected chi connectivity index (χ3v) is 2.89. The van der Waals surface area contributed by atoms with E-state index in [9.17, 15) is 4.79 Å². The number of carbonyl (C=O) groups excluding carboxylic acids is 1. The molecule has 5 heteroatoms. The smallest absolute Gasteiger partial charge is 0.226 e. The van der Waals surface area contributed by atoms with Crippen LogP contribution in [-0.4, -0.2) is 17.4 Å². The largest absolute Gasteiger partial charge is 0.356 e. The van der Waals surface area contributed by atoms with Crippen molar-refractivity contribution in [3.8, 4) is 0 Å². The SMILES string of the molecule is CCCCNC(=O)Cc1csc(CN)n1. The molecule has 84 valence electrons. The van der Waals surface area contributed by atoms with Crippen molar-refractivity contribution < 1.29 is 4.79 Å². The molecule has 4 nitrogen and oxygen atoms in total. The van der Waals surface area contributed by atoms with Gasteiger partial charge in [0.25, 0.3) is 0 Å². The molecule has 0 aliphatic carbocycles. The van der Waals surface area contributed by atoms with Crippen LogP contribution in [0.15, 0.2) is 5.38 Å². The lowest BCUT2D eigenvalue weighted by Gasteiger charge is -2.01. The number of hydrogen-bond donors (Lipinski definition) is 2. The maximum absolute atomic E-state index is 11.4. The van der Waals surface area contributed by atoms with Gasteiger partial charge in [-0.3, -0.25) is 4.79 Å². The Labute approximate surface area is 93.9 Å². The Morgan fingerprint density at radius 2 is 2.47 bits per heavy atom. The highest BCUT2D eigenvalue weighted by molar-refractivity contribution is 7.09. The zero-order valence-corrected chi connectivity index (χ0v) is 9.77. The Bertz CT molecular complexity index is 311. The first-order chi connectivity index (χ1) is 7.26. The van der Waals surface area contributed by atoms with Gasteiger partial charge < -0.3 is 11.1 Å². The molecule has 1 amide bonds. The molecule has 1 aromatic rings. The number of nitrogens with one attached hydrogen (secondary N) is 1. The van der Waals surface area contributed by atoms with Gasteiger partial charge in [0.2, 0.25) is 5.91 Å². The van der Waals surface area contributed by atoms with Crippen LogP contribution in [0.25, 0.3) is 0 Å². The molecule has 0 bridgehead atoms. The van der Waals surface area contributed by atoms with Crippen LogP contribution < -0.4 is 11.1 Å². The van der Waals surface area contributed by atoms with Crippen LogP contribution in [0.3, 0.4) is 0 Å². The topological polar surface area (TPSA) is 68.0 Å². The van der Waals surface area contributed by atoms with Gasteiger partial charge in [-0.25, -0.2) is 4.98 Å². The molecule has 0 radical (unpaired) electrons. The van der Waals surface area contributed by atoms with E-state index in [1.54, 1.807) is 0 Å². The molecule has 0 unspecified atom stereocenters. The summed E-state index contributed by atoms with van der Waals surface area (Å²) < 4.78 is 0. The van der Waals surface area contributed by atoms with Gasteiger partial charge in [0, 0.05) is 18.5 Å². The second kappa shape index (κ2) is 6.53. The van der Waals surface area contributed by atoms with Crippen molar-refractivity contribution >= 4 is 17.2 Å². The summed E-state index contributed by atoms with van der Waals surface area (Å²) in [5.74, 6) is 0.0392. The van der Waals surface area contributed by atoms with Crippen molar-refractivity contribution in [1.29, 1.82) is 0 Å². The summed E-state index contributed by atoms with van der Waals surface area (Å²) in [6.07, 6.45) is 2.48. The van der Waals surface area contributed by atoms with E-state index >= 15 is 0 Å². The molecule has 0 aliphatic rings. The Morgan fingerprint density at radius 3 is 3.07 bits per heavy atom. The average molecular weight is 227 g/mol. The van der Waals surface area contributed by atoms with Gasteiger partial charge in [-0.15, -0.1) is 11.3 Å². The molecule has 0 aliphatic heterocycles. The molecular weight excluding hydrogens is 210 g/mol. The fraction of sp³-hybridized carbons (Fsp3) is 0.600. The Hall–Kier alpha value is -0.940. The monoisotopic (exact) mass is 227 g/mol. The fourth-order valence-corrected chi connectivity index (χ4v) is 1.83. The van der Waals surface area contributed by atoms with Crippen LogP contribution in [-0.2, 0) is 17.8 Å². The van der Waals surface area contributed by atoms with Gasteiger partial charge in [0.15, 0.2) is 0 Å². The van der Waals surface area contributed by atoms with Gasteiger partial charge in [-0.1, -0.05) is 13.3 Å². The lowest BCUT2D eigenvalue weighted by molar-refractivity contribution is -0.120. The van der Waals surface area contributed by atoms with E-state index in [0.717, 1.165) is 30.1 Å². The summed E-state index contributed by atoms with van der Waals surface area (Å²) >= 11 is 1.50. The van der Waals surface area contributed by atoms with E-state index in [1.807, 2.05) is 5.38 Å². The minimum atomic E-state index is 0.0392. The quantitative estimate of drug-likeness (QED) is 0.714. The predicted molar refractivity (Wildman–Crippen MR) is 61.6 cm³/mol. The van der Waals surface area contributed by atoms with Crippen LogP contribution in [0.1, 0.15) is 30.5 Å². The van der Waals surface area contributed by atoms with Crippen LogP contribution in [0.5, 0.6) is 0 Å². The number of thiazole rings is 1. The first-order valence-corrected chi connectivity index (χ1v) is 6.04. The van der Waals surface area contributed by atoms with Crippen LogP contribution in [0.2, 0.25) is 0 Å². The molecular formula is C10H17N3OS. The van der Waals surface area contributed by atoms with E-state index in [-0.39, 0.29) is 5.91 Å². The van der Waals surface area contributed by atoms with Crippen LogP contribution in [0.4, 0.5) is 0 Å². The van der Waals surface area contributed by atoms with Crippen molar-refractivity contribution in [3.63, 3.8) is 0 Å². The normalized spacial score (nSPS) is 10.3. The predicted octanol–water partition coefficient (Wildman–Crippen LogP) is 1.06. The van der Waals surface area contributed by atoms with Gasteiger partial charge in [-0.2, -0.15) is 0 Å². The number of nitrogens with zero attached hydrogens (tertiary/aromatic N) is 1. The molecule has 3 N–H and O–H groups in total. The van der Waals surface area contributed by atoms with E-state index in [2.05, 4.69) is 17.2 Å². The van der Waals surface area contributed by atoms with Gasteiger partial charge in [0.1, 0.15) is 5.01 Å². The minimum Gasteiger partial charge on any atom is -0.356 e. The van der Waals surface area contributed by atoms with Gasteiger partial charge >= 0.3 is 0 Å². The Morgan fingerprint density at radius 1 is 1.67 bits per heavy atom. The lowest BCUT2D eigenvalue weighted by atomic mass is 10.3. The molecule has 0 saturated carbocycles. The number of nitrogens with two attached hydrogens (primary N) is 1. The number of rotatable bonds is 6. The van der Waals surface area contributed by atoms with Gasteiger partial charge in [-0.05, 0) is 6.42 Å². The summed E-state index contributed by atoms with van der Waals surface area (Å²) in [6, 6.07) is 0. The van der Waals surface area contributed by atoms with E-state index in [1.165, 1.54) is 11.3 Å². The van der Waals surface area contributed by atoms with E-state index < -0.39 is 0 Å². The fourth-order valence-electron chi connectivity index (χ4n) is 1.16. The molecule has 0 aromatic carbocycles.